The van der Waals surface area contributed by atoms with Gasteiger partial charge in [0.1, 0.15) is 23.1 Å². The van der Waals surface area contributed by atoms with Crippen LogP contribution in [0.25, 0.3) is 22.3 Å². The summed E-state index contributed by atoms with van der Waals surface area (Å²) in [6, 6.07) is 21.7. The average molecular weight is 668 g/mol. The van der Waals surface area contributed by atoms with Gasteiger partial charge in [-0.25, -0.2) is 13.4 Å². The summed E-state index contributed by atoms with van der Waals surface area (Å²) in [5.41, 5.74) is 1.51. The number of aromatic nitrogens is 2. The summed E-state index contributed by atoms with van der Waals surface area (Å²) < 4.78 is 40.2. The summed E-state index contributed by atoms with van der Waals surface area (Å²) in [5.74, 6) is -0.269. The first-order valence-corrected chi connectivity index (χ1v) is 17.5. The summed E-state index contributed by atoms with van der Waals surface area (Å²) in [4.78, 5) is 36.4. The molecule has 11 nitrogen and oxygen atoms in total. The number of sulfonamides is 1. The molecule has 0 spiro atoms. The van der Waals surface area contributed by atoms with Gasteiger partial charge < -0.3 is 20.1 Å². The minimum atomic E-state index is -4.00. The average Bonchev–Trinajstić information content (AvgIpc) is 3.99. The number of methoxy groups -OCH3 is 1. The number of benzene rings is 2. The van der Waals surface area contributed by atoms with Crippen molar-refractivity contribution in [1.29, 1.82) is 0 Å². The Morgan fingerprint density at radius 2 is 1.85 bits per heavy atom. The number of hydrogen-bond donors (Lipinski definition) is 3. The fourth-order valence-electron chi connectivity index (χ4n) is 6.53. The van der Waals surface area contributed by atoms with Crippen LogP contribution in [0.2, 0.25) is 0 Å². The second-order valence-electron chi connectivity index (χ2n) is 12.8. The topological polar surface area (TPSA) is 149 Å². The highest BCUT2D eigenvalue weighted by molar-refractivity contribution is 7.91. The third-order valence-electron chi connectivity index (χ3n) is 9.63. The fourth-order valence-corrected chi connectivity index (χ4v) is 8.17. The van der Waals surface area contributed by atoms with Crippen LogP contribution in [0.15, 0.2) is 91.6 Å². The summed E-state index contributed by atoms with van der Waals surface area (Å²) in [6.07, 6.45) is 4.77. The Bertz CT molecular complexity index is 1990. The molecule has 248 valence electrons. The molecule has 7 rings (SSSR count). The van der Waals surface area contributed by atoms with Crippen LogP contribution in [0.3, 0.4) is 0 Å². The Balaban J connectivity index is 1.04. The molecule has 12 heteroatoms. The minimum Gasteiger partial charge on any atom is -0.497 e. The number of carbonyl (C=O) groups is 2. The lowest BCUT2D eigenvalue weighted by Crippen LogP contribution is -2.56. The predicted octanol–water partition coefficient (Wildman–Crippen LogP) is 3.70. The van der Waals surface area contributed by atoms with E-state index in [0.29, 0.717) is 60.6 Å². The monoisotopic (exact) mass is 667 g/mol. The van der Waals surface area contributed by atoms with Crippen molar-refractivity contribution in [2.24, 2.45) is 5.92 Å². The predicted molar refractivity (Wildman–Crippen MR) is 181 cm³/mol. The van der Waals surface area contributed by atoms with Gasteiger partial charge >= 0.3 is 0 Å². The zero-order valence-corrected chi connectivity index (χ0v) is 27.3. The zero-order valence-electron chi connectivity index (χ0n) is 26.5. The van der Waals surface area contributed by atoms with Crippen LogP contribution in [0.1, 0.15) is 31.2 Å². The highest BCUT2D eigenvalue weighted by Crippen LogP contribution is 2.48. The number of carbonyl (C=O) groups excluding carboxylic acids is 2. The molecule has 0 radical (unpaired) electrons. The number of pyridine rings is 2. The Kier molecular flexibility index (Phi) is 8.16. The number of amides is 2. The molecular formula is C36H37N5O6S. The number of nitrogens with one attached hydrogen (secondary N) is 3. The number of ether oxygens (including phenoxy) is 2. The van der Waals surface area contributed by atoms with Crippen LogP contribution >= 0.6 is 0 Å². The zero-order chi connectivity index (χ0) is 33.5. The normalized spacial score (nSPS) is 24.0. The fraction of sp³-hybridized carbons (Fsp3) is 0.333. The molecule has 2 saturated carbocycles. The molecule has 3 aliphatic rings. The lowest BCUT2D eigenvalue weighted by atomic mass is 10.1. The van der Waals surface area contributed by atoms with E-state index in [1.54, 1.807) is 19.4 Å². The van der Waals surface area contributed by atoms with Gasteiger partial charge in [0.25, 0.3) is 5.91 Å². The van der Waals surface area contributed by atoms with Gasteiger partial charge in [0.2, 0.25) is 15.9 Å². The highest BCUT2D eigenvalue weighted by atomic mass is 32.2. The van der Waals surface area contributed by atoms with Gasteiger partial charge in [-0.1, -0.05) is 42.5 Å². The van der Waals surface area contributed by atoms with Gasteiger partial charge in [-0.05, 0) is 55.5 Å². The first-order chi connectivity index (χ1) is 23.1. The minimum absolute atomic E-state index is 0.269. The van der Waals surface area contributed by atoms with E-state index in [2.05, 4.69) is 26.9 Å². The molecule has 2 amide bonds. The van der Waals surface area contributed by atoms with Crippen molar-refractivity contribution in [3.63, 3.8) is 0 Å². The Hall–Kier alpha value is -4.81. The molecule has 2 aromatic heterocycles. The molecule has 3 fully saturated rings. The van der Waals surface area contributed by atoms with Crippen molar-refractivity contribution < 1.29 is 27.5 Å². The first kappa shape index (κ1) is 31.8. The number of rotatable bonds is 12. The van der Waals surface area contributed by atoms with Gasteiger partial charge in [-0.3, -0.25) is 19.3 Å². The van der Waals surface area contributed by atoms with Gasteiger partial charge in [0, 0.05) is 42.6 Å². The number of nitrogens with zero attached hydrogens (tertiary/aromatic N) is 2. The maximum atomic E-state index is 13.6. The molecule has 1 aliphatic heterocycles. The van der Waals surface area contributed by atoms with Crippen LogP contribution in [-0.4, -0.2) is 66.3 Å². The molecule has 4 aromatic rings. The molecule has 3 heterocycles. The van der Waals surface area contributed by atoms with Crippen molar-refractivity contribution in [3.8, 4) is 22.9 Å². The van der Waals surface area contributed by atoms with Crippen molar-refractivity contribution in [1.82, 2.24) is 25.3 Å². The van der Waals surface area contributed by atoms with E-state index in [4.69, 9.17) is 14.5 Å². The summed E-state index contributed by atoms with van der Waals surface area (Å²) in [6.45, 7) is 4.19. The first-order valence-electron chi connectivity index (χ1n) is 16.0. The van der Waals surface area contributed by atoms with Crippen molar-refractivity contribution >= 4 is 32.7 Å². The molecule has 48 heavy (non-hydrogen) atoms. The van der Waals surface area contributed by atoms with Crippen LogP contribution in [-0.2, 0) is 26.0 Å². The number of hydrogen-bond acceptors (Lipinski definition) is 9. The van der Waals surface area contributed by atoms with Crippen molar-refractivity contribution in [2.45, 2.75) is 54.5 Å². The standard InChI is InChI=1S/C36H37N5O6S/c1-3-24-21-36(24,34(43)41-48(44,45)35(14-15-35)20-23-9-5-4-6-10-23)40-33(42)31-18-26(22-38-31)47-32-19-30(28-11-7-8-16-37-28)39-29-17-25(46-2)12-13-27(29)32/h3-13,16-17,19,24,26,31,38H,1,14-15,18,20-22H2,2H3,(H,40,42)(H,41,43). The maximum absolute atomic E-state index is 13.6. The smallest absolute Gasteiger partial charge is 0.259 e. The molecule has 4 atom stereocenters. The highest BCUT2D eigenvalue weighted by Gasteiger charge is 2.63. The van der Waals surface area contributed by atoms with E-state index in [0.717, 1.165) is 10.9 Å². The van der Waals surface area contributed by atoms with E-state index in [1.807, 2.05) is 72.8 Å². The number of fused-ring (bicyclic) bond motifs is 1. The second-order valence-corrected chi connectivity index (χ2v) is 14.9. The molecular weight excluding hydrogens is 630 g/mol. The van der Waals surface area contributed by atoms with Crippen LogP contribution in [0.4, 0.5) is 0 Å². The molecule has 0 bridgehead atoms. The van der Waals surface area contributed by atoms with Gasteiger partial charge in [0.05, 0.1) is 34.8 Å². The SMILES string of the molecule is C=CC1CC1(NC(=O)C1CC(Oc2cc(-c3ccccn3)nc3cc(OC)ccc23)CN1)C(=O)NS(=O)(=O)C1(Cc2ccccc2)CC1. The summed E-state index contributed by atoms with van der Waals surface area (Å²) in [7, 11) is -2.41. The second kappa shape index (κ2) is 12.3. The van der Waals surface area contributed by atoms with Gasteiger partial charge in [0.15, 0.2) is 0 Å². The summed E-state index contributed by atoms with van der Waals surface area (Å²) >= 11 is 0. The van der Waals surface area contributed by atoms with Gasteiger partial charge in [-0.2, -0.15) is 0 Å². The van der Waals surface area contributed by atoms with E-state index in [1.165, 1.54) is 0 Å². The largest absolute Gasteiger partial charge is 0.497 e. The van der Waals surface area contributed by atoms with Gasteiger partial charge in [-0.15, -0.1) is 6.58 Å². The van der Waals surface area contributed by atoms with E-state index in [-0.39, 0.29) is 18.4 Å². The van der Waals surface area contributed by atoms with Crippen LogP contribution in [0.5, 0.6) is 11.5 Å². The summed E-state index contributed by atoms with van der Waals surface area (Å²) in [5, 5.41) is 6.87. The van der Waals surface area contributed by atoms with E-state index >= 15 is 0 Å². The molecule has 1 saturated heterocycles. The maximum Gasteiger partial charge on any atom is 0.259 e. The third-order valence-corrected chi connectivity index (χ3v) is 11.8. The third kappa shape index (κ3) is 6.01. The van der Waals surface area contributed by atoms with Crippen LogP contribution < -0.4 is 24.8 Å². The Morgan fingerprint density at radius 3 is 2.54 bits per heavy atom. The lowest BCUT2D eigenvalue weighted by Gasteiger charge is -2.23. The Morgan fingerprint density at radius 1 is 1.06 bits per heavy atom. The Labute approximate surface area is 279 Å². The quantitative estimate of drug-likeness (QED) is 0.192. The molecule has 2 aromatic carbocycles. The molecule has 3 N–H and O–H groups in total. The van der Waals surface area contributed by atoms with Crippen molar-refractivity contribution in [3.05, 3.63) is 97.2 Å². The van der Waals surface area contributed by atoms with E-state index in [9.17, 15) is 18.0 Å². The lowest BCUT2D eigenvalue weighted by molar-refractivity contribution is -0.130. The van der Waals surface area contributed by atoms with E-state index < -0.39 is 38.2 Å². The molecule has 2 aliphatic carbocycles. The van der Waals surface area contributed by atoms with Crippen molar-refractivity contribution in [2.75, 3.05) is 13.7 Å². The van der Waals surface area contributed by atoms with Crippen LogP contribution in [0, 0.1) is 5.92 Å². The molecule has 4 unspecified atom stereocenters.